The zero-order chi connectivity index (χ0) is 11.4. The van der Waals surface area contributed by atoms with Crippen molar-refractivity contribution in [3.63, 3.8) is 0 Å². The second-order valence-corrected chi connectivity index (χ2v) is 3.53. The number of rotatable bonds is 2. The van der Waals surface area contributed by atoms with Crippen LogP contribution in [0.15, 0.2) is 0 Å². The number of carbonyl (C=O) groups is 2. The quantitative estimate of drug-likeness (QED) is 0.466. The van der Waals surface area contributed by atoms with Crippen LogP contribution >= 0.6 is 0 Å². The molecule has 0 aliphatic rings. The molecule has 1 amide bonds. The van der Waals surface area contributed by atoms with Gasteiger partial charge >= 0.3 is 25.0 Å². The molecule has 1 unspecified atom stereocenters. The first-order chi connectivity index (χ1) is 6.26. The number of carboxylic acids is 1. The first kappa shape index (κ1) is 16.3. The largest absolute Gasteiger partial charge is 1.00 e. The van der Waals surface area contributed by atoms with E-state index in [0.29, 0.717) is 0 Å². The number of nitrogens with zero attached hydrogens (tertiary/aromatic N) is 1. The van der Waals surface area contributed by atoms with E-state index in [0.717, 1.165) is 0 Å². The summed E-state index contributed by atoms with van der Waals surface area (Å²) in [5.74, 6) is -1.67. The topological polar surface area (TPSA) is 102 Å². The fraction of sp³-hybridized carbons (Fsp3) is 0.625. The van der Waals surface area contributed by atoms with E-state index in [-0.39, 0.29) is 18.9 Å². The molecule has 78 valence electrons. The van der Waals surface area contributed by atoms with Crippen molar-refractivity contribution in [2.24, 2.45) is 0 Å². The Balaban J connectivity index is 0. The molecule has 0 bridgehead atoms. The normalized spacial score (nSPS) is 11.6. The Morgan fingerprint density at radius 2 is 1.93 bits per heavy atom. The van der Waals surface area contributed by atoms with Gasteiger partial charge in [-0.3, -0.25) is 0 Å². The summed E-state index contributed by atoms with van der Waals surface area (Å²) in [5, 5.41) is 20.4. The molecule has 0 radical (unpaired) electrons. The van der Waals surface area contributed by atoms with Gasteiger partial charge in [-0.2, -0.15) is 5.26 Å². The number of nitrogens with one attached hydrogen (secondary N) is 1. The first-order valence-electron chi connectivity index (χ1n) is 3.86. The maximum atomic E-state index is 11.0. The molecule has 15 heavy (non-hydrogen) atoms. The Morgan fingerprint density at radius 1 is 1.47 bits per heavy atom. The van der Waals surface area contributed by atoms with Gasteiger partial charge in [-0.25, -0.2) is 4.79 Å². The fourth-order valence-electron chi connectivity index (χ4n) is 0.569. The van der Waals surface area contributed by atoms with Gasteiger partial charge in [0, 0.05) is 0 Å². The van der Waals surface area contributed by atoms with Crippen molar-refractivity contribution in [1.29, 1.82) is 5.26 Å². The number of amides is 1. The van der Waals surface area contributed by atoms with Crippen LogP contribution in [0.3, 0.4) is 0 Å². The van der Waals surface area contributed by atoms with Crippen LogP contribution in [0.1, 0.15) is 20.8 Å². The Hall–Kier alpha value is -1.17. The van der Waals surface area contributed by atoms with Gasteiger partial charge in [-0.1, -0.05) is 0 Å². The molecule has 0 aliphatic heterocycles. The monoisotopic (exact) mass is 206 g/mol. The number of nitriles is 1. The zero-order valence-electron chi connectivity index (χ0n) is 9.16. The molecule has 7 heteroatoms. The van der Waals surface area contributed by atoms with E-state index < -0.39 is 23.7 Å². The average molecular weight is 206 g/mol. The Morgan fingerprint density at radius 3 is 2.20 bits per heavy atom. The van der Waals surface area contributed by atoms with Crippen molar-refractivity contribution in [2.75, 3.05) is 0 Å². The van der Waals surface area contributed by atoms with Gasteiger partial charge in [-0.05, 0) is 20.8 Å². The van der Waals surface area contributed by atoms with E-state index in [1.54, 1.807) is 20.8 Å². The molecular formula is C8H11LiN2O4. The van der Waals surface area contributed by atoms with Crippen molar-refractivity contribution in [3.8, 4) is 6.07 Å². The molecule has 1 N–H and O–H groups in total. The van der Waals surface area contributed by atoms with Crippen LogP contribution in [-0.2, 0) is 9.53 Å². The van der Waals surface area contributed by atoms with Crippen LogP contribution in [0.25, 0.3) is 0 Å². The molecule has 0 rings (SSSR count). The third-order valence-corrected chi connectivity index (χ3v) is 1.03. The standard InChI is InChI=1S/C8H12N2O4.Li/c1-8(2,3)14-7(13)10-5(4-9)6(11)12;/h5H,1-3H3,(H,10,13)(H,11,12);/q;+1/p-1. The van der Waals surface area contributed by atoms with Gasteiger partial charge in [0.25, 0.3) is 0 Å². The minimum absolute atomic E-state index is 0. The van der Waals surface area contributed by atoms with Crippen molar-refractivity contribution in [1.82, 2.24) is 5.32 Å². The zero-order valence-corrected chi connectivity index (χ0v) is 9.16. The van der Waals surface area contributed by atoms with Crippen LogP contribution in [0.5, 0.6) is 0 Å². The van der Waals surface area contributed by atoms with E-state index in [4.69, 9.17) is 10.00 Å². The second-order valence-electron chi connectivity index (χ2n) is 3.53. The van der Waals surface area contributed by atoms with Crippen molar-refractivity contribution in [3.05, 3.63) is 0 Å². The molecule has 6 nitrogen and oxygen atoms in total. The summed E-state index contributed by atoms with van der Waals surface area (Å²) in [5.41, 5.74) is -0.740. The molecule has 0 aromatic carbocycles. The summed E-state index contributed by atoms with van der Waals surface area (Å²) in [7, 11) is 0. The summed E-state index contributed by atoms with van der Waals surface area (Å²) in [6, 6.07) is -0.346. The predicted molar refractivity (Wildman–Crippen MR) is 43.8 cm³/mol. The number of hydrogen-bond donors (Lipinski definition) is 1. The summed E-state index contributed by atoms with van der Waals surface area (Å²) >= 11 is 0. The summed E-state index contributed by atoms with van der Waals surface area (Å²) in [6.45, 7) is 4.85. The van der Waals surface area contributed by atoms with Crippen LogP contribution in [0, 0.1) is 11.3 Å². The number of alkyl carbamates (subject to hydrolysis) is 1. The van der Waals surface area contributed by atoms with Gasteiger partial charge in [-0.15, -0.1) is 0 Å². The third-order valence-electron chi connectivity index (χ3n) is 1.03. The number of aliphatic carboxylic acids is 1. The second kappa shape index (κ2) is 6.34. The molecule has 0 saturated carbocycles. The van der Waals surface area contributed by atoms with Crippen molar-refractivity contribution in [2.45, 2.75) is 32.4 Å². The molecule has 0 spiro atoms. The number of ether oxygens (including phenoxy) is 1. The molecule has 0 fully saturated rings. The molecule has 0 aromatic heterocycles. The first-order valence-corrected chi connectivity index (χ1v) is 3.86. The molecule has 0 heterocycles. The van der Waals surface area contributed by atoms with Crippen LogP contribution in [0.4, 0.5) is 4.79 Å². The minimum Gasteiger partial charge on any atom is -0.547 e. The van der Waals surface area contributed by atoms with E-state index in [9.17, 15) is 14.7 Å². The maximum Gasteiger partial charge on any atom is 1.00 e. The smallest absolute Gasteiger partial charge is 0.547 e. The van der Waals surface area contributed by atoms with Gasteiger partial charge in [0.05, 0.1) is 12.0 Å². The third kappa shape index (κ3) is 7.87. The number of hydrogen-bond acceptors (Lipinski definition) is 5. The Kier molecular flexibility index (Phi) is 6.87. The average Bonchev–Trinajstić information content (AvgIpc) is 1.96. The molecule has 1 atom stereocenters. The molecular weight excluding hydrogens is 195 g/mol. The predicted octanol–water partition coefficient (Wildman–Crippen LogP) is -3.84. The minimum atomic E-state index is -1.69. The summed E-state index contributed by atoms with van der Waals surface area (Å²) in [4.78, 5) is 21.2. The number of carbonyl (C=O) groups excluding carboxylic acids is 2. The SMILES string of the molecule is CC(C)(C)OC(=O)NC(C#N)C(=O)[O-].[Li+]. The van der Waals surface area contributed by atoms with E-state index >= 15 is 0 Å². The number of carboxylic acid groups (broad SMARTS) is 1. The van der Waals surface area contributed by atoms with Gasteiger partial charge in [0.1, 0.15) is 5.60 Å². The van der Waals surface area contributed by atoms with Crippen LogP contribution < -0.4 is 29.3 Å². The van der Waals surface area contributed by atoms with Crippen molar-refractivity contribution >= 4 is 12.1 Å². The summed E-state index contributed by atoms with van der Waals surface area (Å²) < 4.78 is 4.73. The van der Waals surface area contributed by atoms with Gasteiger partial charge in [0.15, 0.2) is 6.04 Å². The van der Waals surface area contributed by atoms with E-state index in [2.05, 4.69) is 0 Å². The summed E-state index contributed by atoms with van der Waals surface area (Å²) in [6.07, 6.45) is -0.965. The Bertz CT molecular complexity index is 279. The van der Waals surface area contributed by atoms with Crippen LogP contribution in [-0.4, -0.2) is 23.7 Å². The van der Waals surface area contributed by atoms with E-state index in [1.807, 2.05) is 5.32 Å². The molecule has 0 aliphatic carbocycles. The van der Waals surface area contributed by atoms with Crippen molar-refractivity contribution < 1.29 is 38.3 Å². The Labute approximate surface area is 99.8 Å². The van der Waals surface area contributed by atoms with Crippen LogP contribution in [0.2, 0.25) is 0 Å². The van der Waals surface area contributed by atoms with E-state index in [1.165, 1.54) is 6.07 Å². The molecule has 0 aromatic rings. The van der Waals surface area contributed by atoms with Gasteiger partial charge in [0.2, 0.25) is 0 Å². The maximum absolute atomic E-state index is 11.0. The van der Waals surface area contributed by atoms with Gasteiger partial charge < -0.3 is 20.0 Å². The molecule has 0 saturated heterocycles. The fourth-order valence-corrected chi connectivity index (χ4v) is 0.569.